The Morgan fingerprint density at radius 2 is 1.71 bits per heavy atom. The van der Waals surface area contributed by atoms with Crippen LogP contribution in [0.4, 0.5) is 4.39 Å². The first-order chi connectivity index (χ1) is 13.4. The summed E-state index contributed by atoms with van der Waals surface area (Å²) in [5, 5.41) is 2.99. The first-order valence-electron chi connectivity index (χ1n) is 9.18. The number of halogens is 1. The van der Waals surface area contributed by atoms with E-state index < -0.39 is 0 Å². The average Bonchev–Trinajstić information content (AvgIpc) is 2.99. The fraction of sp³-hybridized carbons (Fsp3) is 0.217. The molecule has 5 heteroatoms. The minimum absolute atomic E-state index is 0.0716. The van der Waals surface area contributed by atoms with Gasteiger partial charge in [-0.25, -0.2) is 4.39 Å². The lowest BCUT2D eigenvalue weighted by atomic mass is 10.1. The van der Waals surface area contributed by atoms with Crippen molar-refractivity contribution < 1.29 is 14.0 Å². The summed E-state index contributed by atoms with van der Waals surface area (Å²) in [6.45, 7) is 5.32. The summed E-state index contributed by atoms with van der Waals surface area (Å²) >= 11 is 0. The van der Waals surface area contributed by atoms with Gasteiger partial charge in [-0.05, 0) is 62.2 Å². The van der Waals surface area contributed by atoms with Crippen LogP contribution in [-0.4, -0.2) is 16.3 Å². The largest absolute Gasteiger partial charge is 0.348 e. The summed E-state index contributed by atoms with van der Waals surface area (Å²) in [6, 6.07) is 17.4. The van der Waals surface area contributed by atoms with Gasteiger partial charge in [0.1, 0.15) is 12.4 Å². The molecule has 0 radical (unpaired) electrons. The van der Waals surface area contributed by atoms with E-state index in [2.05, 4.69) is 5.32 Å². The molecule has 0 spiro atoms. The molecule has 0 saturated carbocycles. The number of nitrogens with one attached hydrogen (secondary N) is 1. The van der Waals surface area contributed by atoms with Crippen LogP contribution >= 0.6 is 0 Å². The zero-order valence-corrected chi connectivity index (χ0v) is 16.2. The zero-order chi connectivity index (χ0) is 20.3. The summed E-state index contributed by atoms with van der Waals surface area (Å²) in [6.07, 6.45) is 0. The highest BCUT2D eigenvalue weighted by atomic mass is 19.1. The van der Waals surface area contributed by atoms with Crippen molar-refractivity contribution in [2.24, 2.45) is 0 Å². The van der Waals surface area contributed by atoms with Crippen LogP contribution in [0.2, 0.25) is 0 Å². The number of carbonyl (C=O) groups excluding carboxylic acids is 2. The van der Waals surface area contributed by atoms with Gasteiger partial charge < -0.3 is 9.88 Å². The number of aromatic nitrogens is 1. The minimum atomic E-state index is -0.334. The molecule has 0 bridgehead atoms. The van der Waals surface area contributed by atoms with E-state index in [1.807, 2.05) is 44.2 Å². The molecule has 0 unspecified atom stereocenters. The van der Waals surface area contributed by atoms with Crippen LogP contribution in [-0.2, 0) is 11.3 Å². The van der Waals surface area contributed by atoms with Crippen molar-refractivity contribution in [3.8, 4) is 11.3 Å². The number of rotatable bonds is 6. The molecule has 2 aromatic carbocycles. The maximum absolute atomic E-state index is 13.3. The molecule has 4 nitrogen and oxygen atoms in total. The monoisotopic (exact) mass is 378 g/mol. The van der Waals surface area contributed by atoms with Gasteiger partial charge in [-0.3, -0.25) is 9.59 Å². The van der Waals surface area contributed by atoms with Gasteiger partial charge in [0.15, 0.2) is 5.78 Å². The lowest BCUT2D eigenvalue weighted by Gasteiger charge is -2.17. The molecule has 3 aromatic rings. The number of nitrogens with zero attached hydrogens (tertiary/aromatic N) is 1. The van der Waals surface area contributed by atoms with Crippen LogP contribution in [0.3, 0.4) is 0 Å². The van der Waals surface area contributed by atoms with E-state index in [0.29, 0.717) is 17.0 Å². The summed E-state index contributed by atoms with van der Waals surface area (Å²) < 4.78 is 15.1. The number of carbonyl (C=O) groups is 2. The van der Waals surface area contributed by atoms with Gasteiger partial charge in [0.2, 0.25) is 5.91 Å². The Bertz CT molecular complexity index is 991. The molecule has 1 atom stereocenters. The molecule has 1 heterocycles. The van der Waals surface area contributed by atoms with Gasteiger partial charge in [0.25, 0.3) is 0 Å². The third-order valence-electron chi connectivity index (χ3n) is 4.86. The van der Waals surface area contributed by atoms with Crippen LogP contribution in [0.5, 0.6) is 0 Å². The van der Waals surface area contributed by atoms with Crippen LogP contribution < -0.4 is 5.32 Å². The van der Waals surface area contributed by atoms with Gasteiger partial charge in [-0.1, -0.05) is 30.3 Å². The van der Waals surface area contributed by atoms with Crippen molar-refractivity contribution in [1.29, 1.82) is 0 Å². The first-order valence-corrected chi connectivity index (χ1v) is 9.18. The molecular weight excluding hydrogens is 355 g/mol. The quantitative estimate of drug-likeness (QED) is 0.633. The minimum Gasteiger partial charge on any atom is -0.348 e. The smallest absolute Gasteiger partial charge is 0.240 e. The van der Waals surface area contributed by atoms with Crippen molar-refractivity contribution in [2.45, 2.75) is 33.4 Å². The number of amides is 1. The Labute approximate surface area is 164 Å². The number of ketones is 1. The fourth-order valence-corrected chi connectivity index (χ4v) is 3.32. The topological polar surface area (TPSA) is 51.1 Å². The molecule has 3 rings (SSSR count). The number of benzene rings is 2. The Morgan fingerprint density at radius 3 is 2.32 bits per heavy atom. The van der Waals surface area contributed by atoms with Crippen molar-refractivity contribution in [3.05, 3.63) is 83.3 Å². The Balaban J connectivity index is 1.88. The molecule has 28 heavy (non-hydrogen) atoms. The lowest BCUT2D eigenvalue weighted by Crippen LogP contribution is -2.30. The van der Waals surface area contributed by atoms with Crippen molar-refractivity contribution in [2.75, 3.05) is 0 Å². The second-order valence-electron chi connectivity index (χ2n) is 6.88. The molecule has 0 aliphatic carbocycles. The standard InChI is InChI=1S/C23H23FN2O2/c1-15(18-7-5-4-6-8-18)25-23(28)14-26-16(2)21(17(3)27)13-22(26)19-9-11-20(24)12-10-19/h4-13,15H,14H2,1-3H3,(H,25,28)/t15-/m1/s1. The summed E-state index contributed by atoms with van der Waals surface area (Å²) in [5.74, 6) is -0.564. The summed E-state index contributed by atoms with van der Waals surface area (Å²) in [4.78, 5) is 24.7. The summed E-state index contributed by atoms with van der Waals surface area (Å²) in [5.41, 5.74) is 3.76. The van der Waals surface area contributed by atoms with Crippen LogP contribution in [0.1, 0.15) is 41.5 Å². The maximum atomic E-state index is 13.3. The van der Waals surface area contributed by atoms with E-state index in [0.717, 1.165) is 11.1 Å². The van der Waals surface area contributed by atoms with Gasteiger partial charge in [0.05, 0.1) is 6.04 Å². The van der Waals surface area contributed by atoms with Gasteiger partial charge >= 0.3 is 0 Å². The maximum Gasteiger partial charge on any atom is 0.240 e. The van der Waals surface area contributed by atoms with Gasteiger partial charge in [-0.15, -0.1) is 0 Å². The SMILES string of the molecule is CC(=O)c1cc(-c2ccc(F)cc2)n(CC(=O)N[C@H](C)c2ccccc2)c1C. The van der Waals surface area contributed by atoms with Crippen LogP contribution in [0.25, 0.3) is 11.3 Å². The van der Waals surface area contributed by atoms with Crippen molar-refractivity contribution >= 4 is 11.7 Å². The second kappa shape index (κ2) is 8.21. The Kier molecular flexibility index (Phi) is 5.73. The number of Topliss-reactive ketones (excluding diaryl/α,β-unsaturated/α-hetero) is 1. The normalized spacial score (nSPS) is 11.9. The van der Waals surface area contributed by atoms with Crippen LogP contribution in [0.15, 0.2) is 60.7 Å². The highest BCUT2D eigenvalue weighted by Gasteiger charge is 2.19. The van der Waals surface area contributed by atoms with E-state index in [9.17, 15) is 14.0 Å². The van der Waals surface area contributed by atoms with E-state index in [4.69, 9.17) is 0 Å². The predicted molar refractivity (Wildman–Crippen MR) is 108 cm³/mol. The Hall–Kier alpha value is -3.21. The molecule has 1 aromatic heterocycles. The third kappa shape index (κ3) is 4.19. The highest BCUT2D eigenvalue weighted by molar-refractivity contribution is 5.97. The molecule has 1 N–H and O–H groups in total. The lowest BCUT2D eigenvalue weighted by molar-refractivity contribution is -0.122. The molecular formula is C23H23FN2O2. The molecule has 144 valence electrons. The molecule has 0 aliphatic heterocycles. The van der Waals surface area contributed by atoms with E-state index in [1.165, 1.54) is 19.1 Å². The van der Waals surface area contributed by atoms with Crippen molar-refractivity contribution in [3.63, 3.8) is 0 Å². The second-order valence-corrected chi connectivity index (χ2v) is 6.88. The van der Waals surface area contributed by atoms with E-state index in [-0.39, 0.29) is 30.1 Å². The highest BCUT2D eigenvalue weighted by Crippen LogP contribution is 2.27. The van der Waals surface area contributed by atoms with E-state index in [1.54, 1.807) is 22.8 Å². The number of hydrogen-bond donors (Lipinski definition) is 1. The first kappa shape index (κ1) is 19.5. The molecule has 1 amide bonds. The van der Waals surface area contributed by atoms with Gasteiger partial charge in [-0.2, -0.15) is 0 Å². The fourth-order valence-electron chi connectivity index (χ4n) is 3.32. The summed E-state index contributed by atoms with van der Waals surface area (Å²) in [7, 11) is 0. The number of hydrogen-bond acceptors (Lipinski definition) is 2. The third-order valence-corrected chi connectivity index (χ3v) is 4.86. The van der Waals surface area contributed by atoms with Gasteiger partial charge in [0, 0.05) is 17.0 Å². The predicted octanol–water partition coefficient (Wildman–Crippen LogP) is 4.68. The van der Waals surface area contributed by atoms with Crippen LogP contribution in [0, 0.1) is 12.7 Å². The Morgan fingerprint density at radius 1 is 1.07 bits per heavy atom. The van der Waals surface area contributed by atoms with E-state index >= 15 is 0 Å². The molecule has 0 fully saturated rings. The van der Waals surface area contributed by atoms with Crippen molar-refractivity contribution in [1.82, 2.24) is 9.88 Å². The zero-order valence-electron chi connectivity index (χ0n) is 16.2. The average molecular weight is 378 g/mol. The molecule has 0 saturated heterocycles. The molecule has 0 aliphatic rings.